The molecule has 118 valence electrons. The molecule has 0 aromatic rings. The van der Waals surface area contributed by atoms with Crippen LogP contribution in [0.25, 0.3) is 0 Å². The Balaban J connectivity index is 1.71. The van der Waals surface area contributed by atoms with Crippen molar-refractivity contribution in [3.05, 3.63) is 0 Å². The molecule has 2 aliphatic carbocycles. The molecule has 0 bridgehead atoms. The average Bonchev–Trinajstić information content (AvgIpc) is 2.91. The van der Waals surface area contributed by atoms with Gasteiger partial charge in [0.25, 0.3) is 0 Å². The maximum Gasteiger partial charge on any atom is 0.235 e. The molecule has 2 atom stereocenters. The first kappa shape index (κ1) is 15.0. The molecular formula is C17H27NO3. The summed E-state index contributed by atoms with van der Waals surface area (Å²) in [6.07, 6.45) is 9.93. The van der Waals surface area contributed by atoms with E-state index in [2.05, 4.69) is 0 Å². The quantitative estimate of drug-likeness (QED) is 0.813. The van der Waals surface area contributed by atoms with Gasteiger partial charge in [-0.05, 0) is 37.5 Å². The third-order valence-corrected chi connectivity index (χ3v) is 6.02. The Bertz CT molecular complexity index is 412. The van der Waals surface area contributed by atoms with Crippen molar-refractivity contribution in [2.75, 3.05) is 13.2 Å². The standard InChI is InChI=1S/C17H27NO3/c19-12-14-7-5-6-13(14)11-18-15(20)10-17(16(18)21)8-3-1-2-4-9-17/h13-14,19H,1-12H2. The predicted molar refractivity (Wildman–Crippen MR) is 79.4 cm³/mol. The smallest absolute Gasteiger partial charge is 0.235 e. The summed E-state index contributed by atoms with van der Waals surface area (Å²) in [5, 5.41) is 9.43. The van der Waals surface area contributed by atoms with Gasteiger partial charge in [-0.1, -0.05) is 32.1 Å². The number of hydrogen-bond donors (Lipinski definition) is 1. The third kappa shape index (κ3) is 2.75. The molecule has 0 aromatic heterocycles. The molecule has 3 fully saturated rings. The Morgan fingerprint density at radius 3 is 2.33 bits per heavy atom. The zero-order valence-electron chi connectivity index (χ0n) is 12.9. The van der Waals surface area contributed by atoms with E-state index in [0.29, 0.717) is 18.9 Å². The molecule has 1 spiro atoms. The molecule has 3 aliphatic rings. The van der Waals surface area contributed by atoms with Crippen molar-refractivity contribution in [1.82, 2.24) is 4.90 Å². The van der Waals surface area contributed by atoms with Crippen molar-refractivity contribution in [3.8, 4) is 0 Å². The lowest BCUT2D eigenvalue weighted by molar-refractivity contribution is -0.142. The molecule has 0 radical (unpaired) electrons. The second-order valence-corrected chi connectivity index (χ2v) is 7.31. The number of aliphatic hydroxyl groups excluding tert-OH is 1. The van der Waals surface area contributed by atoms with Crippen molar-refractivity contribution in [2.45, 2.75) is 64.2 Å². The predicted octanol–water partition coefficient (Wildman–Crippen LogP) is 2.49. The molecule has 1 aliphatic heterocycles. The van der Waals surface area contributed by atoms with Crippen LogP contribution < -0.4 is 0 Å². The number of nitrogens with zero attached hydrogens (tertiary/aromatic N) is 1. The van der Waals surface area contributed by atoms with Crippen LogP contribution in [0.1, 0.15) is 64.2 Å². The number of amides is 2. The highest BCUT2D eigenvalue weighted by atomic mass is 16.3. The summed E-state index contributed by atoms with van der Waals surface area (Å²) in [6.45, 7) is 0.733. The van der Waals surface area contributed by atoms with Gasteiger partial charge in [0, 0.05) is 19.6 Å². The van der Waals surface area contributed by atoms with Crippen LogP contribution in [0.2, 0.25) is 0 Å². The summed E-state index contributed by atoms with van der Waals surface area (Å²) < 4.78 is 0. The Morgan fingerprint density at radius 2 is 1.67 bits per heavy atom. The van der Waals surface area contributed by atoms with Gasteiger partial charge in [-0.3, -0.25) is 14.5 Å². The van der Waals surface area contributed by atoms with Gasteiger partial charge in [-0.15, -0.1) is 0 Å². The zero-order chi connectivity index (χ0) is 14.9. The summed E-state index contributed by atoms with van der Waals surface area (Å²) in [5.74, 6) is 0.712. The van der Waals surface area contributed by atoms with Gasteiger partial charge in [0.15, 0.2) is 0 Å². The van der Waals surface area contributed by atoms with Crippen LogP contribution in [-0.4, -0.2) is 35.0 Å². The molecule has 21 heavy (non-hydrogen) atoms. The van der Waals surface area contributed by atoms with Crippen LogP contribution in [-0.2, 0) is 9.59 Å². The largest absolute Gasteiger partial charge is 0.396 e. The van der Waals surface area contributed by atoms with Crippen molar-refractivity contribution in [1.29, 1.82) is 0 Å². The number of aliphatic hydroxyl groups is 1. The Hall–Kier alpha value is -0.900. The topological polar surface area (TPSA) is 57.6 Å². The number of likely N-dealkylation sites (tertiary alicyclic amines) is 1. The molecule has 3 rings (SSSR count). The normalized spacial score (nSPS) is 32.9. The van der Waals surface area contributed by atoms with Gasteiger partial charge in [0.1, 0.15) is 0 Å². The fourth-order valence-electron chi connectivity index (χ4n) is 4.67. The second kappa shape index (κ2) is 6.07. The molecule has 1 saturated heterocycles. The number of carbonyl (C=O) groups is 2. The average molecular weight is 293 g/mol. The highest BCUT2D eigenvalue weighted by Crippen LogP contribution is 2.45. The van der Waals surface area contributed by atoms with Crippen LogP contribution in [0.3, 0.4) is 0 Å². The first-order chi connectivity index (χ1) is 10.2. The first-order valence-electron chi connectivity index (χ1n) is 8.62. The van der Waals surface area contributed by atoms with Gasteiger partial charge >= 0.3 is 0 Å². The van der Waals surface area contributed by atoms with Crippen LogP contribution in [0.4, 0.5) is 0 Å². The molecule has 4 heteroatoms. The van der Waals surface area contributed by atoms with Crippen LogP contribution in [0.15, 0.2) is 0 Å². The summed E-state index contributed by atoms with van der Waals surface area (Å²) in [4.78, 5) is 26.8. The van der Waals surface area contributed by atoms with Gasteiger partial charge in [-0.25, -0.2) is 0 Å². The van der Waals surface area contributed by atoms with Crippen molar-refractivity contribution in [3.63, 3.8) is 0 Å². The molecule has 1 N–H and O–H groups in total. The lowest BCUT2D eigenvalue weighted by Gasteiger charge is -2.27. The van der Waals surface area contributed by atoms with Gasteiger partial charge in [0.05, 0.1) is 5.41 Å². The van der Waals surface area contributed by atoms with Crippen LogP contribution in [0.5, 0.6) is 0 Å². The van der Waals surface area contributed by atoms with E-state index in [-0.39, 0.29) is 29.8 Å². The van der Waals surface area contributed by atoms with E-state index in [1.165, 1.54) is 12.8 Å². The lowest BCUT2D eigenvalue weighted by Crippen LogP contribution is -2.39. The Kier molecular flexibility index (Phi) is 4.34. The number of imide groups is 1. The minimum Gasteiger partial charge on any atom is -0.396 e. The van der Waals surface area contributed by atoms with E-state index in [0.717, 1.165) is 44.9 Å². The maximum absolute atomic E-state index is 12.9. The van der Waals surface area contributed by atoms with E-state index >= 15 is 0 Å². The fourth-order valence-corrected chi connectivity index (χ4v) is 4.67. The van der Waals surface area contributed by atoms with Crippen molar-refractivity contribution < 1.29 is 14.7 Å². The van der Waals surface area contributed by atoms with Gasteiger partial charge < -0.3 is 5.11 Å². The van der Waals surface area contributed by atoms with Crippen LogP contribution in [0, 0.1) is 17.3 Å². The zero-order valence-corrected chi connectivity index (χ0v) is 12.9. The summed E-state index contributed by atoms with van der Waals surface area (Å²) in [7, 11) is 0. The molecule has 1 heterocycles. The maximum atomic E-state index is 12.9. The number of hydrogen-bond acceptors (Lipinski definition) is 3. The van der Waals surface area contributed by atoms with Crippen molar-refractivity contribution >= 4 is 11.8 Å². The van der Waals surface area contributed by atoms with Crippen molar-refractivity contribution in [2.24, 2.45) is 17.3 Å². The van der Waals surface area contributed by atoms with E-state index in [9.17, 15) is 14.7 Å². The molecule has 2 unspecified atom stereocenters. The first-order valence-corrected chi connectivity index (χ1v) is 8.62. The molecule has 2 saturated carbocycles. The Labute approximate surface area is 126 Å². The summed E-state index contributed by atoms with van der Waals surface area (Å²) in [6, 6.07) is 0. The minimum absolute atomic E-state index is 0.0329. The minimum atomic E-state index is -0.374. The second-order valence-electron chi connectivity index (χ2n) is 7.31. The van der Waals surface area contributed by atoms with E-state index in [1.54, 1.807) is 4.90 Å². The summed E-state index contributed by atoms with van der Waals surface area (Å²) in [5.41, 5.74) is -0.374. The molecule has 2 amide bonds. The van der Waals surface area contributed by atoms with Gasteiger partial charge in [-0.2, -0.15) is 0 Å². The molecule has 0 aromatic carbocycles. The number of rotatable bonds is 3. The summed E-state index contributed by atoms with van der Waals surface area (Å²) >= 11 is 0. The molecule has 4 nitrogen and oxygen atoms in total. The highest BCUT2D eigenvalue weighted by Gasteiger charge is 2.51. The van der Waals surface area contributed by atoms with Crippen LogP contribution >= 0.6 is 0 Å². The fraction of sp³-hybridized carbons (Fsp3) is 0.882. The molecular weight excluding hydrogens is 266 g/mol. The lowest BCUT2D eigenvalue weighted by atomic mass is 9.79. The highest BCUT2D eigenvalue weighted by molar-refractivity contribution is 6.05. The third-order valence-electron chi connectivity index (χ3n) is 6.02. The SMILES string of the molecule is O=C1CC2(CCCCCC2)C(=O)N1CC1CCCC1CO. The van der Waals surface area contributed by atoms with E-state index < -0.39 is 0 Å². The van der Waals surface area contributed by atoms with E-state index in [1.807, 2.05) is 0 Å². The Morgan fingerprint density at radius 1 is 1.00 bits per heavy atom. The van der Waals surface area contributed by atoms with E-state index in [4.69, 9.17) is 0 Å². The monoisotopic (exact) mass is 293 g/mol. The number of carbonyl (C=O) groups excluding carboxylic acids is 2. The van der Waals surface area contributed by atoms with Gasteiger partial charge in [0.2, 0.25) is 11.8 Å².